The highest BCUT2D eigenvalue weighted by atomic mass is 16.5. The van der Waals surface area contributed by atoms with E-state index in [0.29, 0.717) is 13.0 Å². The SMILES string of the molecule is CC1OCCC1(C)NC(=O)c1nc[nH]c1C(=O)O. The quantitative estimate of drug-likeness (QED) is 0.723. The van der Waals surface area contributed by atoms with E-state index in [-0.39, 0.29) is 17.5 Å². The molecule has 0 spiro atoms. The molecule has 2 heterocycles. The van der Waals surface area contributed by atoms with Gasteiger partial charge < -0.3 is 20.1 Å². The Hall–Kier alpha value is -1.89. The molecular formula is C11H15N3O4. The van der Waals surface area contributed by atoms with E-state index >= 15 is 0 Å². The van der Waals surface area contributed by atoms with Crippen molar-refractivity contribution in [2.45, 2.75) is 31.9 Å². The number of aromatic amines is 1. The van der Waals surface area contributed by atoms with Crippen molar-refractivity contribution in [3.05, 3.63) is 17.7 Å². The minimum Gasteiger partial charge on any atom is -0.477 e. The number of H-pyrrole nitrogens is 1. The van der Waals surface area contributed by atoms with Crippen LogP contribution in [0.15, 0.2) is 6.33 Å². The van der Waals surface area contributed by atoms with Crippen LogP contribution < -0.4 is 5.32 Å². The summed E-state index contributed by atoms with van der Waals surface area (Å²) in [5.41, 5.74) is -0.809. The molecule has 3 N–H and O–H groups in total. The summed E-state index contributed by atoms with van der Waals surface area (Å²) in [4.78, 5) is 29.1. The molecule has 0 aliphatic carbocycles. The van der Waals surface area contributed by atoms with E-state index in [0.717, 1.165) is 0 Å². The van der Waals surface area contributed by atoms with Crippen molar-refractivity contribution >= 4 is 11.9 Å². The smallest absolute Gasteiger partial charge is 0.354 e. The summed E-state index contributed by atoms with van der Waals surface area (Å²) in [7, 11) is 0. The Bertz CT molecular complexity index is 484. The van der Waals surface area contributed by atoms with Gasteiger partial charge in [0, 0.05) is 6.61 Å². The van der Waals surface area contributed by atoms with Crippen LogP contribution in [0.25, 0.3) is 0 Å². The fraction of sp³-hybridized carbons (Fsp3) is 0.545. The fourth-order valence-corrected chi connectivity index (χ4v) is 1.95. The van der Waals surface area contributed by atoms with Crippen LogP contribution in [0.2, 0.25) is 0 Å². The largest absolute Gasteiger partial charge is 0.477 e. The first-order valence-electron chi connectivity index (χ1n) is 5.65. The lowest BCUT2D eigenvalue weighted by molar-refractivity contribution is 0.0671. The van der Waals surface area contributed by atoms with Crippen molar-refractivity contribution in [3.63, 3.8) is 0 Å². The third kappa shape index (κ3) is 2.08. The van der Waals surface area contributed by atoms with Crippen LogP contribution in [0.1, 0.15) is 41.2 Å². The molecular weight excluding hydrogens is 238 g/mol. The molecule has 18 heavy (non-hydrogen) atoms. The van der Waals surface area contributed by atoms with Gasteiger partial charge in [0.15, 0.2) is 11.4 Å². The van der Waals surface area contributed by atoms with Gasteiger partial charge in [-0.2, -0.15) is 0 Å². The van der Waals surface area contributed by atoms with Gasteiger partial charge in [-0.3, -0.25) is 4.79 Å². The van der Waals surface area contributed by atoms with Crippen LogP contribution in [-0.4, -0.2) is 45.2 Å². The van der Waals surface area contributed by atoms with Crippen LogP contribution >= 0.6 is 0 Å². The first kappa shape index (κ1) is 12.6. The third-order valence-electron chi connectivity index (χ3n) is 3.35. The Morgan fingerprint density at radius 1 is 1.67 bits per heavy atom. The van der Waals surface area contributed by atoms with Gasteiger partial charge in [0.1, 0.15) is 0 Å². The monoisotopic (exact) mass is 253 g/mol. The second-order valence-electron chi connectivity index (χ2n) is 4.57. The molecule has 2 unspecified atom stereocenters. The molecule has 1 aliphatic rings. The van der Waals surface area contributed by atoms with E-state index in [1.807, 2.05) is 13.8 Å². The van der Waals surface area contributed by atoms with Gasteiger partial charge in [-0.15, -0.1) is 0 Å². The fourth-order valence-electron chi connectivity index (χ4n) is 1.95. The maximum absolute atomic E-state index is 12.0. The molecule has 1 amide bonds. The third-order valence-corrected chi connectivity index (χ3v) is 3.35. The second kappa shape index (κ2) is 4.41. The number of rotatable bonds is 3. The molecule has 2 atom stereocenters. The van der Waals surface area contributed by atoms with Gasteiger partial charge in [-0.05, 0) is 20.3 Å². The lowest BCUT2D eigenvalue weighted by Crippen LogP contribution is -2.51. The van der Waals surface area contributed by atoms with Crippen molar-refractivity contribution in [2.24, 2.45) is 0 Å². The number of imidazole rings is 1. The number of ether oxygens (including phenoxy) is 1. The van der Waals surface area contributed by atoms with Crippen LogP contribution in [-0.2, 0) is 4.74 Å². The molecule has 1 fully saturated rings. The second-order valence-corrected chi connectivity index (χ2v) is 4.57. The van der Waals surface area contributed by atoms with Gasteiger partial charge in [0.05, 0.1) is 18.0 Å². The summed E-state index contributed by atoms with van der Waals surface area (Å²) in [5, 5.41) is 11.7. The highest BCUT2D eigenvalue weighted by Gasteiger charge is 2.39. The molecule has 1 saturated heterocycles. The van der Waals surface area contributed by atoms with Gasteiger partial charge in [0.25, 0.3) is 5.91 Å². The van der Waals surface area contributed by atoms with E-state index in [9.17, 15) is 9.59 Å². The van der Waals surface area contributed by atoms with Crippen molar-refractivity contribution in [1.29, 1.82) is 0 Å². The summed E-state index contributed by atoms with van der Waals surface area (Å²) >= 11 is 0. The van der Waals surface area contributed by atoms with Crippen molar-refractivity contribution in [2.75, 3.05) is 6.61 Å². The molecule has 0 bridgehead atoms. The van der Waals surface area contributed by atoms with E-state index in [4.69, 9.17) is 9.84 Å². The molecule has 0 aromatic carbocycles. The summed E-state index contributed by atoms with van der Waals surface area (Å²) in [5.74, 6) is -1.72. The number of carboxylic acids is 1. The van der Waals surface area contributed by atoms with Crippen LogP contribution in [0.5, 0.6) is 0 Å². The minimum absolute atomic E-state index is 0.108. The topological polar surface area (TPSA) is 104 Å². The summed E-state index contributed by atoms with van der Waals surface area (Å²) < 4.78 is 5.41. The number of amides is 1. The average molecular weight is 253 g/mol. The van der Waals surface area contributed by atoms with Gasteiger partial charge in [-0.25, -0.2) is 9.78 Å². The molecule has 0 radical (unpaired) electrons. The number of nitrogens with one attached hydrogen (secondary N) is 2. The summed E-state index contributed by atoms with van der Waals surface area (Å²) in [6, 6.07) is 0. The van der Waals surface area contributed by atoms with Gasteiger partial charge >= 0.3 is 5.97 Å². The van der Waals surface area contributed by atoms with Gasteiger partial charge in [-0.1, -0.05) is 0 Å². The molecule has 7 nitrogen and oxygen atoms in total. The van der Waals surface area contributed by atoms with Crippen molar-refractivity contribution in [3.8, 4) is 0 Å². The van der Waals surface area contributed by atoms with Crippen LogP contribution in [0.3, 0.4) is 0 Å². The molecule has 7 heteroatoms. The summed E-state index contributed by atoms with van der Waals surface area (Å²) in [6.45, 7) is 4.32. The summed E-state index contributed by atoms with van der Waals surface area (Å²) in [6.07, 6.45) is 1.76. The predicted octanol–water partition coefficient (Wildman–Crippen LogP) is 0.405. The number of carboxylic acid groups (broad SMARTS) is 1. The first-order chi connectivity index (χ1) is 8.44. The van der Waals surface area contributed by atoms with E-state index < -0.39 is 17.4 Å². The van der Waals surface area contributed by atoms with E-state index in [1.165, 1.54) is 6.33 Å². The number of hydrogen-bond acceptors (Lipinski definition) is 4. The molecule has 2 rings (SSSR count). The van der Waals surface area contributed by atoms with Gasteiger partial charge in [0.2, 0.25) is 0 Å². The molecule has 98 valence electrons. The number of nitrogens with zero attached hydrogens (tertiary/aromatic N) is 1. The molecule has 0 saturated carbocycles. The average Bonchev–Trinajstić information content (AvgIpc) is 2.87. The van der Waals surface area contributed by atoms with Crippen LogP contribution in [0, 0.1) is 0 Å². The zero-order valence-corrected chi connectivity index (χ0v) is 10.2. The number of hydrogen-bond donors (Lipinski definition) is 3. The Labute approximate surface area is 104 Å². The number of carbonyl (C=O) groups excluding carboxylic acids is 1. The van der Waals surface area contributed by atoms with Crippen molar-refractivity contribution in [1.82, 2.24) is 15.3 Å². The van der Waals surface area contributed by atoms with E-state index in [1.54, 1.807) is 0 Å². The molecule has 1 aromatic rings. The maximum Gasteiger partial charge on any atom is 0.354 e. The Morgan fingerprint density at radius 3 is 2.94 bits per heavy atom. The van der Waals surface area contributed by atoms with E-state index in [2.05, 4.69) is 15.3 Å². The zero-order valence-electron chi connectivity index (χ0n) is 10.2. The number of aromatic carboxylic acids is 1. The molecule has 1 aliphatic heterocycles. The maximum atomic E-state index is 12.0. The minimum atomic E-state index is -1.21. The first-order valence-corrected chi connectivity index (χ1v) is 5.65. The number of carbonyl (C=O) groups is 2. The van der Waals surface area contributed by atoms with Crippen LogP contribution in [0.4, 0.5) is 0 Å². The normalized spacial score (nSPS) is 27.1. The lowest BCUT2D eigenvalue weighted by Gasteiger charge is -2.28. The zero-order chi connectivity index (χ0) is 13.3. The molecule has 1 aromatic heterocycles. The highest BCUT2D eigenvalue weighted by molar-refractivity contribution is 6.02. The lowest BCUT2D eigenvalue weighted by atomic mass is 9.94. The Morgan fingerprint density at radius 2 is 2.39 bits per heavy atom. The predicted molar refractivity (Wildman–Crippen MR) is 61.4 cm³/mol. The van der Waals surface area contributed by atoms with Crippen molar-refractivity contribution < 1.29 is 19.4 Å². The Balaban J connectivity index is 2.17. The Kier molecular flexibility index (Phi) is 3.08. The standard InChI is InChI=1S/C11H15N3O4/c1-6-11(2,3-4-18-6)14-9(15)7-8(10(16)17)13-5-12-7/h5-6H,3-4H2,1-2H3,(H,12,13)(H,14,15)(H,16,17). The number of aromatic nitrogens is 2. The highest BCUT2D eigenvalue weighted by Crippen LogP contribution is 2.25.